The number of aliphatic hydroxyl groups excluding tert-OH is 1. The zero-order valence-corrected chi connectivity index (χ0v) is 14.9. The first-order valence-electron chi connectivity index (χ1n) is 9.04. The van der Waals surface area contributed by atoms with E-state index in [-0.39, 0.29) is 5.92 Å². The second-order valence-corrected chi connectivity index (χ2v) is 6.64. The van der Waals surface area contributed by atoms with Crippen molar-refractivity contribution in [2.45, 2.75) is 26.1 Å². The molecule has 0 amide bonds. The first-order valence-corrected chi connectivity index (χ1v) is 9.04. The number of hydrogen-bond donors (Lipinski definition) is 4. The molecule has 2 aromatic carbocycles. The number of aromatic hydroxyl groups is 1. The number of rotatable bonds is 8. The molecular formula is C22H26N2O2. The standard InChI is InChI=1S/C22H26N2O2/c25-21-10-3-1-8-19(21)15-23-13-17-6-5-7-18(12-17)14-24-16-20-9-2-4-11-22(20)26/h1-8,10-12,20,23-26H,9,13-16H2. The molecule has 1 aliphatic rings. The van der Waals surface area contributed by atoms with E-state index in [1.807, 2.05) is 24.3 Å². The number of nitrogens with one attached hydrogen (secondary N) is 2. The fourth-order valence-electron chi connectivity index (χ4n) is 3.10. The highest BCUT2D eigenvalue weighted by Gasteiger charge is 2.13. The second kappa shape index (κ2) is 9.22. The van der Waals surface area contributed by atoms with Crippen LogP contribution in [0.25, 0.3) is 0 Å². The molecule has 0 radical (unpaired) electrons. The fraction of sp³-hybridized carbons (Fsp3) is 0.273. The van der Waals surface area contributed by atoms with Gasteiger partial charge in [-0.25, -0.2) is 0 Å². The number of phenolic OH excluding ortho intramolecular Hbond substituents is 1. The van der Waals surface area contributed by atoms with E-state index in [4.69, 9.17) is 0 Å². The van der Waals surface area contributed by atoms with E-state index >= 15 is 0 Å². The summed E-state index contributed by atoms with van der Waals surface area (Å²) in [5.74, 6) is 0.957. The van der Waals surface area contributed by atoms with Gasteiger partial charge in [0.25, 0.3) is 0 Å². The minimum Gasteiger partial charge on any atom is -0.512 e. The monoisotopic (exact) mass is 350 g/mol. The Morgan fingerprint density at radius 3 is 2.42 bits per heavy atom. The number of para-hydroxylation sites is 1. The smallest absolute Gasteiger partial charge is 0.120 e. The molecule has 0 aliphatic heterocycles. The summed E-state index contributed by atoms with van der Waals surface area (Å²) in [5, 5.41) is 26.5. The summed E-state index contributed by atoms with van der Waals surface area (Å²) in [6.07, 6.45) is 6.64. The Bertz CT molecular complexity index is 783. The van der Waals surface area contributed by atoms with Crippen LogP contribution in [0.4, 0.5) is 0 Å². The number of hydrogen-bond acceptors (Lipinski definition) is 4. The highest BCUT2D eigenvalue weighted by atomic mass is 16.3. The number of allylic oxidation sites excluding steroid dienone is 3. The molecule has 0 spiro atoms. The maximum Gasteiger partial charge on any atom is 0.120 e. The fourth-order valence-corrected chi connectivity index (χ4v) is 3.10. The van der Waals surface area contributed by atoms with E-state index in [9.17, 15) is 10.2 Å². The minimum absolute atomic E-state index is 0.170. The van der Waals surface area contributed by atoms with Gasteiger partial charge >= 0.3 is 0 Å². The van der Waals surface area contributed by atoms with E-state index in [2.05, 4.69) is 41.0 Å². The lowest BCUT2D eigenvalue weighted by Crippen LogP contribution is -2.24. The van der Waals surface area contributed by atoms with Gasteiger partial charge < -0.3 is 20.8 Å². The van der Waals surface area contributed by atoms with E-state index < -0.39 is 0 Å². The average Bonchev–Trinajstić information content (AvgIpc) is 2.65. The molecule has 1 aliphatic carbocycles. The number of benzene rings is 2. The van der Waals surface area contributed by atoms with Crippen molar-refractivity contribution in [3.63, 3.8) is 0 Å². The van der Waals surface area contributed by atoms with Crippen molar-refractivity contribution in [3.05, 3.63) is 89.2 Å². The third-order valence-electron chi connectivity index (χ3n) is 4.59. The van der Waals surface area contributed by atoms with Gasteiger partial charge in [0.2, 0.25) is 0 Å². The van der Waals surface area contributed by atoms with Crippen LogP contribution in [0.1, 0.15) is 23.1 Å². The number of phenols is 1. The zero-order chi connectivity index (χ0) is 18.2. The van der Waals surface area contributed by atoms with Gasteiger partial charge in [-0.15, -0.1) is 0 Å². The van der Waals surface area contributed by atoms with E-state index in [0.29, 0.717) is 18.1 Å². The van der Waals surface area contributed by atoms with Gasteiger partial charge in [-0.3, -0.25) is 0 Å². The zero-order valence-electron chi connectivity index (χ0n) is 14.9. The summed E-state index contributed by atoms with van der Waals surface area (Å²) in [4.78, 5) is 0. The van der Waals surface area contributed by atoms with E-state index in [1.165, 1.54) is 11.1 Å². The largest absolute Gasteiger partial charge is 0.512 e. The Balaban J connectivity index is 1.45. The molecule has 1 unspecified atom stereocenters. The van der Waals surface area contributed by atoms with Gasteiger partial charge in [0.05, 0.1) is 5.76 Å². The lowest BCUT2D eigenvalue weighted by molar-refractivity contribution is 0.318. The van der Waals surface area contributed by atoms with Crippen molar-refractivity contribution in [3.8, 4) is 5.75 Å². The Labute approximate surface area is 154 Å². The molecule has 2 aromatic rings. The normalized spacial score (nSPS) is 16.5. The summed E-state index contributed by atoms with van der Waals surface area (Å²) < 4.78 is 0. The molecule has 0 saturated heterocycles. The molecule has 136 valence electrons. The van der Waals surface area contributed by atoms with Crippen LogP contribution in [-0.2, 0) is 19.6 Å². The first kappa shape index (κ1) is 18.2. The van der Waals surface area contributed by atoms with Crippen LogP contribution in [0.3, 0.4) is 0 Å². The SMILES string of the molecule is OC1=CC=CCC1CNCc1cccc(CNCc2ccccc2O)c1. The molecule has 0 aromatic heterocycles. The summed E-state index contributed by atoms with van der Waals surface area (Å²) in [6, 6.07) is 15.8. The Kier molecular flexibility index (Phi) is 6.47. The van der Waals surface area contributed by atoms with Crippen LogP contribution >= 0.6 is 0 Å². The van der Waals surface area contributed by atoms with E-state index in [0.717, 1.165) is 31.6 Å². The Morgan fingerprint density at radius 1 is 0.885 bits per heavy atom. The van der Waals surface area contributed by atoms with Crippen molar-refractivity contribution in [2.24, 2.45) is 5.92 Å². The third-order valence-corrected chi connectivity index (χ3v) is 4.59. The summed E-state index contributed by atoms with van der Waals surface area (Å²) in [6.45, 7) is 2.93. The summed E-state index contributed by atoms with van der Waals surface area (Å²) >= 11 is 0. The third kappa shape index (κ3) is 5.22. The molecule has 0 saturated carbocycles. The van der Waals surface area contributed by atoms with E-state index in [1.54, 1.807) is 12.1 Å². The molecule has 26 heavy (non-hydrogen) atoms. The molecule has 4 N–H and O–H groups in total. The minimum atomic E-state index is 0.170. The predicted molar refractivity (Wildman–Crippen MR) is 105 cm³/mol. The van der Waals surface area contributed by atoms with Crippen LogP contribution in [0.2, 0.25) is 0 Å². The average molecular weight is 350 g/mol. The van der Waals surface area contributed by atoms with Gasteiger partial charge in [0.15, 0.2) is 0 Å². The van der Waals surface area contributed by atoms with Gasteiger partial charge in [-0.05, 0) is 29.7 Å². The highest BCUT2D eigenvalue weighted by Crippen LogP contribution is 2.17. The molecule has 1 atom stereocenters. The molecular weight excluding hydrogens is 324 g/mol. The lowest BCUT2D eigenvalue weighted by atomic mass is 9.98. The van der Waals surface area contributed by atoms with Gasteiger partial charge in [-0.1, -0.05) is 54.6 Å². The van der Waals surface area contributed by atoms with Crippen molar-refractivity contribution in [1.29, 1.82) is 0 Å². The lowest BCUT2D eigenvalue weighted by Gasteiger charge is -2.17. The molecule has 0 bridgehead atoms. The molecule has 4 heteroatoms. The topological polar surface area (TPSA) is 64.5 Å². The number of aliphatic hydroxyl groups is 1. The molecule has 4 nitrogen and oxygen atoms in total. The van der Waals surface area contributed by atoms with Crippen molar-refractivity contribution >= 4 is 0 Å². The summed E-state index contributed by atoms with van der Waals surface area (Å²) in [5.41, 5.74) is 3.34. The maximum atomic E-state index is 9.86. The second-order valence-electron chi connectivity index (χ2n) is 6.64. The van der Waals surface area contributed by atoms with Crippen LogP contribution in [0.5, 0.6) is 5.75 Å². The Hall–Kier alpha value is -2.56. The predicted octanol–water partition coefficient (Wildman–Crippen LogP) is 3.79. The van der Waals surface area contributed by atoms with Crippen LogP contribution in [0, 0.1) is 5.92 Å². The summed E-state index contributed by atoms with van der Waals surface area (Å²) in [7, 11) is 0. The highest BCUT2D eigenvalue weighted by molar-refractivity contribution is 5.31. The maximum absolute atomic E-state index is 9.86. The quantitative estimate of drug-likeness (QED) is 0.585. The molecule has 3 rings (SSSR count). The van der Waals surface area contributed by atoms with Crippen molar-refractivity contribution in [2.75, 3.05) is 6.54 Å². The van der Waals surface area contributed by atoms with Crippen LogP contribution in [-0.4, -0.2) is 16.8 Å². The Morgan fingerprint density at radius 2 is 1.65 bits per heavy atom. The molecule has 0 fully saturated rings. The van der Waals surface area contributed by atoms with Crippen LogP contribution < -0.4 is 10.6 Å². The van der Waals surface area contributed by atoms with Gasteiger partial charge in [0, 0.05) is 37.7 Å². The molecule has 0 heterocycles. The first-order chi connectivity index (χ1) is 12.7. The van der Waals surface area contributed by atoms with Crippen molar-refractivity contribution in [1.82, 2.24) is 10.6 Å². The van der Waals surface area contributed by atoms with Crippen molar-refractivity contribution < 1.29 is 10.2 Å². The van der Waals surface area contributed by atoms with Gasteiger partial charge in [0.1, 0.15) is 5.75 Å². The van der Waals surface area contributed by atoms with Gasteiger partial charge in [-0.2, -0.15) is 0 Å². The van der Waals surface area contributed by atoms with Crippen LogP contribution in [0.15, 0.2) is 72.5 Å².